The molecule has 240 valence electrons. The monoisotopic (exact) mass is 679 g/mol. The van der Waals surface area contributed by atoms with Crippen molar-refractivity contribution in [2.45, 2.75) is 69.0 Å². The second kappa shape index (κ2) is 12.1. The van der Waals surface area contributed by atoms with Crippen LogP contribution >= 0.6 is 31.7 Å². The van der Waals surface area contributed by atoms with E-state index in [-0.39, 0.29) is 22.9 Å². The predicted octanol–water partition coefficient (Wildman–Crippen LogP) is 3.21. The molecule has 2 N–H and O–H groups in total. The molecule has 2 saturated heterocycles. The Labute approximate surface area is 259 Å². The Morgan fingerprint density at radius 2 is 1.77 bits per heavy atom. The topological polar surface area (TPSA) is 213 Å². The quantitative estimate of drug-likeness (QED) is 0.0851. The van der Waals surface area contributed by atoms with Gasteiger partial charge in [-0.15, -0.1) is 18.0 Å². The Balaban J connectivity index is 1.41. The van der Waals surface area contributed by atoms with E-state index in [4.69, 9.17) is 69.4 Å². The number of hydrogen-bond acceptors (Lipinski definition) is 18. The fourth-order valence-corrected chi connectivity index (χ4v) is 7.18. The van der Waals surface area contributed by atoms with E-state index in [1.54, 1.807) is 27.7 Å². The van der Waals surface area contributed by atoms with E-state index in [2.05, 4.69) is 20.9 Å². The van der Waals surface area contributed by atoms with E-state index in [9.17, 15) is 14.2 Å². The van der Waals surface area contributed by atoms with Crippen molar-refractivity contribution >= 4 is 61.0 Å². The van der Waals surface area contributed by atoms with E-state index in [0.717, 1.165) is 0 Å². The summed E-state index contributed by atoms with van der Waals surface area (Å²) in [6, 6.07) is 0. The number of carbonyl (C=O) groups excluding carboxylic acids is 2. The third-order valence-corrected chi connectivity index (χ3v) is 8.99. The molecule has 1 unspecified atom stereocenters. The Morgan fingerprint density at radius 3 is 2.34 bits per heavy atom. The Kier molecular flexibility index (Phi) is 8.94. The minimum atomic E-state index is -4.80. The Morgan fingerprint density at radius 1 is 1.14 bits per heavy atom. The number of ether oxygens (including phenoxy) is 5. The van der Waals surface area contributed by atoms with Gasteiger partial charge < -0.3 is 29.4 Å². The first-order valence-corrected chi connectivity index (χ1v) is 15.5. The molecule has 0 radical (unpaired) electrons. The maximum atomic E-state index is 13.8. The highest BCUT2D eigenvalue weighted by Gasteiger charge is 2.99. The van der Waals surface area contributed by atoms with Crippen LogP contribution in [0.3, 0.4) is 0 Å². The zero-order valence-corrected chi connectivity index (χ0v) is 26.0. The van der Waals surface area contributed by atoms with Crippen LogP contribution in [-0.2, 0) is 50.2 Å². The van der Waals surface area contributed by atoms with Crippen molar-refractivity contribution < 1.29 is 59.8 Å². The van der Waals surface area contributed by atoms with Crippen LogP contribution in [0.25, 0.3) is 11.2 Å². The number of hydrogen-bond donors (Lipinski definition) is 1. The Hall–Kier alpha value is -2.92. The molecular formula is C23H27ClN5O13PS. The molecule has 0 bridgehead atoms. The predicted molar refractivity (Wildman–Crippen MR) is 147 cm³/mol. The standard InChI is InChI=1S/C23H27ClN5O13PS/c1-6-21-18(29-9-28-14-15(25)26-8-27-16(14)29)39-22(7-24)17(23(21,22)42-44-41-21)40-43(32,35-10-33-19(30)37-12(2)3)36-11-34-20(31)38-13(4)5/h1,8-9,12-13,17-18H,7,10-11H2,2-5H3,(H2,25,26,27)/t17?,18-,21+,22-,23+/m1/s1. The van der Waals surface area contributed by atoms with Crippen LogP contribution in [0.1, 0.15) is 33.9 Å². The average molecular weight is 680 g/mol. The zero-order chi connectivity index (χ0) is 31.9. The lowest BCUT2D eigenvalue weighted by Gasteiger charge is -2.31. The normalized spacial score (nSPS) is 28.9. The van der Waals surface area contributed by atoms with Crippen molar-refractivity contribution in [3.05, 3.63) is 12.7 Å². The first kappa shape index (κ1) is 32.5. The van der Waals surface area contributed by atoms with Gasteiger partial charge in [-0.05, 0) is 27.7 Å². The van der Waals surface area contributed by atoms with Crippen LogP contribution in [-0.4, -0.2) is 86.4 Å². The molecule has 2 aromatic heterocycles. The van der Waals surface area contributed by atoms with Gasteiger partial charge in [-0.1, -0.05) is 5.92 Å². The van der Waals surface area contributed by atoms with E-state index < -0.39 is 75.1 Å². The van der Waals surface area contributed by atoms with Crippen LogP contribution in [0.15, 0.2) is 12.7 Å². The van der Waals surface area contributed by atoms with Gasteiger partial charge in [-0.2, -0.15) is 0 Å². The lowest BCUT2D eigenvalue weighted by atomic mass is 9.92. The fourth-order valence-electron chi connectivity index (χ4n) is 4.79. The lowest BCUT2D eigenvalue weighted by molar-refractivity contribution is -0.111. The number of alkyl halides is 1. The van der Waals surface area contributed by atoms with Crippen molar-refractivity contribution in [3.8, 4) is 12.3 Å². The summed E-state index contributed by atoms with van der Waals surface area (Å²) in [5.74, 6) is 2.36. The third-order valence-electron chi connectivity index (χ3n) is 6.62. The first-order valence-electron chi connectivity index (χ1n) is 12.8. The molecule has 21 heteroatoms. The number of nitrogens with two attached hydrogens (primary N) is 1. The van der Waals surface area contributed by atoms with E-state index in [1.807, 2.05) is 0 Å². The maximum absolute atomic E-state index is 13.8. The van der Waals surface area contributed by atoms with Gasteiger partial charge in [0.05, 0.1) is 24.4 Å². The molecule has 3 aliphatic rings. The molecule has 4 heterocycles. The number of phosphoric acid groups is 1. The number of terminal acetylenes is 1. The summed E-state index contributed by atoms with van der Waals surface area (Å²) < 4.78 is 68.9. The molecular weight excluding hydrogens is 653 g/mol. The number of anilines is 1. The van der Waals surface area contributed by atoms with Gasteiger partial charge >= 0.3 is 20.1 Å². The molecule has 1 spiro atoms. The number of imidazole rings is 1. The van der Waals surface area contributed by atoms with Gasteiger partial charge in [0.2, 0.25) is 19.2 Å². The number of halogens is 1. The van der Waals surface area contributed by atoms with Crippen molar-refractivity contribution in [3.63, 3.8) is 0 Å². The number of fused-ring (bicyclic) bond motifs is 1. The summed E-state index contributed by atoms with van der Waals surface area (Å²) in [4.78, 5) is 36.0. The highest BCUT2D eigenvalue weighted by molar-refractivity contribution is 7.90. The second-order valence-electron chi connectivity index (χ2n) is 9.98. The summed E-state index contributed by atoms with van der Waals surface area (Å²) in [6.07, 6.45) is 2.86. The molecule has 3 fully saturated rings. The number of carbonyl (C=O) groups is 2. The first-order chi connectivity index (χ1) is 20.9. The molecule has 0 aromatic carbocycles. The molecule has 5 atom stereocenters. The number of aromatic nitrogens is 4. The minimum Gasteiger partial charge on any atom is -0.432 e. The highest BCUT2D eigenvalue weighted by atomic mass is 35.5. The molecule has 1 aliphatic carbocycles. The molecule has 18 nitrogen and oxygen atoms in total. The Bertz CT molecular complexity index is 1490. The van der Waals surface area contributed by atoms with Crippen LogP contribution in [0, 0.1) is 12.3 Å². The molecule has 5 rings (SSSR count). The highest BCUT2D eigenvalue weighted by Crippen LogP contribution is 2.78. The number of nitrogens with zero attached hydrogens (tertiary/aromatic N) is 4. The summed E-state index contributed by atoms with van der Waals surface area (Å²) in [5, 5.41) is 0. The van der Waals surface area contributed by atoms with Gasteiger partial charge in [0.1, 0.15) is 17.9 Å². The van der Waals surface area contributed by atoms with Gasteiger partial charge in [0.15, 0.2) is 41.2 Å². The number of phosphoric ester groups is 1. The smallest absolute Gasteiger partial charge is 0.432 e. The molecule has 1 saturated carbocycles. The van der Waals surface area contributed by atoms with Crippen LogP contribution in [0.5, 0.6) is 0 Å². The molecule has 0 amide bonds. The van der Waals surface area contributed by atoms with Gasteiger partial charge in [-0.25, -0.2) is 38.2 Å². The van der Waals surface area contributed by atoms with Crippen LogP contribution in [0.2, 0.25) is 0 Å². The van der Waals surface area contributed by atoms with E-state index >= 15 is 0 Å². The van der Waals surface area contributed by atoms with Crippen molar-refractivity contribution in [2.24, 2.45) is 0 Å². The number of rotatable bonds is 12. The average Bonchev–Trinajstić information content (AvgIpc) is 3.35. The minimum absolute atomic E-state index is 0.113. The van der Waals surface area contributed by atoms with Crippen LogP contribution in [0.4, 0.5) is 15.4 Å². The van der Waals surface area contributed by atoms with E-state index in [0.29, 0.717) is 12.3 Å². The van der Waals surface area contributed by atoms with Crippen molar-refractivity contribution in [2.75, 3.05) is 25.2 Å². The number of nitrogen functional groups attached to an aromatic ring is 1. The van der Waals surface area contributed by atoms with Gasteiger partial charge in [0.25, 0.3) is 0 Å². The van der Waals surface area contributed by atoms with Crippen LogP contribution < -0.4 is 5.73 Å². The lowest BCUT2D eigenvalue weighted by Crippen LogP contribution is -2.48. The summed E-state index contributed by atoms with van der Waals surface area (Å²) in [7, 11) is -4.80. The van der Waals surface area contributed by atoms with Crippen molar-refractivity contribution in [1.82, 2.24) is 19.5 Å². The third kappa shape index (κ3) is 5.23. The zero-order valence-electron chi connectivity index (χ0n) is 23.6. The summed E-state index contributed by atoms with van der Waals surface area (Å²) in [5.41, 5.74) is 1.40. The van der Waals surface area contributed by atoms with Gasteiger partial charge in [0, 0.05) is 0 Å². The fraction of sp³-hybridized carbons (Fsp3) is 0.609. The van der Waals surface area contributed by atoms with Crippen molar-refractivity contribution in [1.29, 1.82) is 0 Å². The molecule has 44 heavy (non-hydrogen) atoms. The summed E-state index contributed by atoms with van der Waals surface area (Å²) >= 11 is 6.96. The SMILES string of the molecule is C#C[C@@]12OSO[C@@]13C(OP(=O)(OCOC(=O)OC(C)C)OCOC(=O)OC(C)C)[C@@]3(CCl)O[C@H]2n1cnc2c(N)ncnc21. The maximum Gasteiger partial charge on any atom is 0.510 e. The second-order valence-corrected chi connectivity index (χ2v) is 12.3. The molecule has 2 aliphatic heterocycles. The van der Waals surface area contributed by atoms with E-state index in [1.165, 1.54) is 17.2 Å². The summed E-state index contributed by atoms with van der Waals surface area (Å²) in [6.45, 7) is 4.45. The molecule has 2 aromatic rings. The van der Waals surface area contributed by atoms with Gasteiger partial charge in [-0.3, -0.25) is 17.5 Å². The largest absolute Gasteiger partial charge is 0.510 e.